The summed E-state index contributed by atoms with van der Waals surface area (Å²) >= 11 is 0. The van der Waals surface area contributed by atoms with Crippen LogP contribution in [0.25, 0.3) is 0 Å². The standard InChI is InChI=1S/C23H40N4O2.HI/c1-5-14-27-15-12-20(18-27)17-26-23(24-6-2)25-13-11-19-9-10-21(28-7-3)22(16-19)29-8-4;/h9-10,16,20H,5-8,11-15,17-18H2,1-4H3,(H2,24,25,26);1H. The molecule has 0 saturated carbocycles. The largest absolute Gasteiger partial charge is 0.490 e. The molecule has 2 N–H and O–H groups in total. The van der Waals surface area contributed by atoms with Crippen LogP contribution in [0.5, 0.6) is 11.5 Å². The minimum absolute atomic E-state index is 0. The number of guanidine groups is 1. The number of nitrogens with zero attached hydrogens (tertiary/aromatic N) is 2. The number of hydrogen-bond acceptors (Lipinski definition) is 4. The van der Waals surface area contributed by atoms with Gasteiger partial charge >= 0.3 is 0 Å². The summed E-state index contributed by atoms with van der Waals surface area (Å²) in [6.07, 6.45) is 3.40. The number of likely N-dealkylation sites (tertiary alicyclic amines) is 1. The van der Waals surface area contributed by atoms with Gasteiger partial charge in [-0.1, -0.05) is 13.0 Å². The first-order valence-corrected chi connectivity index (χ1v) is 11.3. The Morgan fingerprint density at radius 2 is 1.87 bits per heavy atom. The molecule has 0 aromatic heterocycles. The Morgan fingerprint density at radius 1 is 1.10 bits per heavy atom. The molecule has 30 heavy (non-hydrogen) atoms. The van der Waals surface area contributed by atoms with Crippen molar-refractivity contribution in [3.05, 3.63) is 23.8 Å². The maximum atomic E-state index is 5.73. The van der Waals surface area contributed by atoms with Crippen LogP contribution in [0.3, 0.4) is 0 Å². The molecule has 1 aliphatic rings. The van der Waals surface area contributed by atoms with Crippen LogP contribution < -0.4 is 20.1 Å². The molecule has 7 heteroatoms. The van der Waals surface area contributed by atoms with E-state index in [-0.39, 0.29) is 24.0 Å². The second kappa shape index (κ2) is 15.6. The summed E-state index contributed by atoms with van der Waals surface area (Å²) < 4.78 is 11.4. The summed E-state index contributed by atoms with van der Waals surface area (Å²) in [5.74, 6) is 3.23. The quantitative estimate of drug-likeness (QED) is 0.243. The van der Waals surface area contributed by atoms with Gasteiger partial charge < -0.3 is 25.0 Å². The molecule has 1 aromatic rings. The lowest BCUT2D eigenvalue weighted by atomic mass is 10.1. The Morgan fingerprint density at radius 3 is 2.57 bits per heavy atom. The average Bonchev–Trinajstić information content (AvgIpc) is 3.16. The molecule has 0 amide bonds. The van der Waals surface area contributed by atoms with Crippen LogP contribution in [-0.4, -0.2) is 63.3 Å². The second-order valence-corrected chi connectivity index (χ2v) is 7.50. The van der Waals surface area contributed by atoms with Crippen molar-refractivity contribution in [1.29, 1.82) is 0 Å². The van der Waals surface area contributed by atoms with Gasteiger partial charge in [0.1, 0.15) is 0 Å². The summed E-state index contributed by atoms with van der Waals surface area (Å²) in [5, 5.41) is 6.84. The van der Waals surface area contributed by atoms with E-state index in [0.29, 0.717) is 19.1 Å². The molecule has 0 spiro atoms. The highest BCUT2D eigenvalue weighted by molar-refractivity contribution is 14.0. The van der Waals surface area contributed by atoms with E-state index in [4.69, 9.17) is 14.5 Å². The van der Waals surface area contributed by atoms with Crippen molar-refractivity contribution in [3.8, 4) is 11.5 Å². The molecule has 6 nitrogen and oxygen atoms in total. The minimum Gasteiger partial charge on any atom is -0.490 e. The van der Waals surface area contributed by atoms with Crippen LogP contribution in [0.1, 0.15) is 46.1 Å². The smallest absolute Gasteiger partial charge is 0.191 e. The lowest BCUT2D eigenvalue weighted by molar-refractivity contribution is 0.287. The van der Waals surface area contributed by atoms with Gasteiger partial charge in [-0.3, -0.25) is 4.99 Å². The molecule has 1 unspecified atom stereocenters. The van der Waals surface area contributed by atoms with Gasteiger partial charge in [0, 0.05) is 26.2 Å². The van der Waals surface area contributed by atoms with Crippen molar-refractivity contribution in [2.75, 3.05) is 52.5 Å². The Hall–Kier alpha value is -1.22. The summed E-state index contributed by atoms with van der Waals surface area (Å²) in [6, 6.07) is 6.20. The molecule has 172 valence electrons. The van der Waals surface area contributed by atoms with E-state index < -0.39 is 0 Å². The number of hydrogen-bond donors (Lipinski definition) is 2. The number of ether oxygens (including phenoxy) is 2. The summed E-state index contributed by atoms with van der Waals surface area (Å²) in [6.45, 7) is 15.8. The topological polar surface area (TPSA) is 58.1 Å². The second-order valence-electron chi connectivity index (χ2n) is 7.50. The Labute approximate surface area is 200 Å². The third kappa shape index (κ3) is 9.29. The highest BCUT2D eigenvalue weighted by atomic mass is 127. The van der Waals surface area contributed by atoms with Crippen molar-refractivity contribution in [2.24, 2.45) is 10.9 Å². The third-order valence-electron chi connectivity index (χ3n) is 5.08. The van der Waals surface area contributed by atoms with Gasteiger partial charge in [-0.2, -0.15) is 0 Å². The SMILES string of the molecule is CCCN1CCC(CN=C(NCC)NCCc2ccc(OCC)c(OCC)c2)C1.I. The van der Waals surface area contributed by atoms with E-state index >= 15 is 0 Å². The number of benzene rings is 1. The highest BCUT2D eigenvalue weighted by Crippen LogP contribution is 2.28. The van der Waals surface area contributed by atoms with Crippen LogP contribution in [0, 0.1) is 5.92 Å². The van der Waals surface area contributed by atoms with Crippen molar-refractivity contribution < 1.29 is 9.47 Å². The van der Waals surface area contributed by atoms with Crippen LogP contribution in [0.15, 0.2) is 23.2 Å². The Kier molecular flexibility index (Phi) is 13.9. The van der Waals surface area contributed by atoms with Gasteiger partial charge in [-0.05, 0) is 76.7 Å². The molecule has 1 heterocycles. The molecule has 1 fully saturated rings. The fraction of sp³-hybridized carbons (Fsp3) is 0.696. The van der Waals surface area contributed by atoms with E-state index in [1.54, 1.807) is 0 Å². The van der Waals surface area contributed by atoms with Crippen molar-refractivity contribution >= 4 is 29.9 Å². The molecule has 0 aliphatic carbocycles. The van der Waals surface area contributed by atoms with Crippen molar-refractivity contribution in [3.63, 3.8) is 0 Å². The number of nitrogens with one attached hydrogen (secondary N) is 2. The van der Waals surface area contributed by atoms with Crippen LogP contribution in [-0.2, 0) is 6.42 Å². The molecule has 0 radical (unpaired) electrons. The molecule has 1 aliphatic heterocycles. The van der Waals surface area contributed by atoms with E-state index in [9.17, 15) is 0 Å². The first kappa shape index (κ1) is 26.8. The van der Waals surface area contributed by atoms with Gasteiger partial charge in [0.05, 0.1) is 13.2 Å². The van der Waals surface area contributed by atoms with Crippen molar-refractivity contribution in [1.82, 2.24) is 15.5 Å². The predicted molar refractivity (Wildman–Crippen MR) is 137 cm³/mol. The van der Waals surface area contributed by atoms with Crippen molar-refractivity contribution in [2.45, 2.75) is 47.0 Å². The molecular weight excluding hydrogens is 491 g/mol. The van der Waals surface area contributed by atoms with E-state index in [2.05, 4.69) is 41.5 Å². The lowest BCUT2D eigenvalue weighted by Crippen LogP contribution is -2.38. The summed E-state index contributed by atoms with van der Waals surface area (Å²) in [7, 11) is 0. The van der Waals surface area contributed by atoms with E-state index in [1.807, 2.05) is 19.9 Å². The van der Waals surface area contributed by atoms with Crippen LogP contribution in [0.4, 0.5) is 0 Å². The zero-order chi connectivity index (χ0) is 20.9. The monoisotopic (exact) mass is 532 g/mol. The average molecular weight is 533 g/mol. The van der Waals surface area contributed by atoms with Gasteiger partial charge in [0.25, 0.3) is 0 Å². The first-order chi connectivity index (χ1) is 14.2. The van der Waals surface area contributed by atoms with Gasteiger partial charge in [0.15, 0.2) is 17.5 Å². The summed E-state index contributed by atoms with van der Waals surface area (Å²) in [4.78, 5) is 7.39. The summed E-state index contributed by atoms with van der Waals surface area (Å²) in [5.41, 5.74) is 1.23. The van der Waals surface area contributed by atoms with Gasteiger partial charge in [-0.25, -0.2) is 0 Å². The van der Waals surface area contributed by atoms with Crippen LogP contribution >= 0.6 is 24.0 Å². The Bertz CT molecular complexity index is 627. The zero-order valence-electron chi connectivity index (χ0n) is 19.2. The highest BCUT2D eigenvalue weighted by Gasteiger charge is 2.21. The molecular formula is C23H41IN4O2. The zero-order valence-corrected chi connectivity index (χ0v) is 21.5. The molecule has 2 rings (SSSR count). The van der Waals surface area contributed by atoms with Gasteiger partial charge in [0.2, 0.25) is 0 Å². The fourth-order valence-electron chi connectivity index (χ4n) is 3.72. The Balaban J connectivity index is 0.00000450. The number of rotatable bonds is 12. The first-order valence-electron chi connectivity index (χ1n) is 11.3. The lowest BCUT2D eigenvalue weighted by Gasteiger charge is -2.15. The molecule has 1 atom stereocenters. The minimum atomic E-state index is 0. The molecule has 1 saturated heterocycles. The predicted octanol–water partition coefficient (Wildman–Crippen LogP) is 3.93. The van der Waals surface area contributed by atoms with E-state index in [1.165, 1.54) is 38.0 Å². The third-order valence-corrected chi connectivity index (χ3v) is 5.08. The molecule has 0 bridgehead atoms. The van der Waals surface area contributed by atoms with Crippen LogP contribution in [0.2, 0.25) is 0 Å². The maximum Gasteiger partial charge on any atom is 0.191 e. The normalized spacial score (nSPS) is 16.8. The van der Waals surface area contributed by atoms with Gasteiger partial charge in [-0.15, -0.1) is 24.0 Å². The maximum absolute atomic E-state index is 5.73. The fourth-order valence-corrected chi connectivity index (χ4v) is 3.72. The molecule has 1 aromatic carbocycles. The van der Waals surface area contributed by atoms with E-state index in [0.717, 1.165) is 43.5 Å². The number of aliphatic imine (C=N–C) groups is 1. The number of halogens is 1.